The van der Waals surface area contributed by atoms with Gasteiger partial charge < -0.3 is 0 Å². The van der Waals surface area contributed by atoms with Crippen LogP contribution in [-0.4, -0.2) is 0 Å². The zero-order valence-electron chi connectivity index (χ0n) is 7.21. The van der Waals surface area contributed by atoms with E-state index in [4.69, 9.17) is 0 Å². The minimum absolute atomic E-state index is 0.752. The van der Waals surface area contributed by atoms with E-state index < -0.39 is 0 Å². The molecule has 2 aromatic rings. The minimum atomic E-state index is 0.752. The molecule has 0 unspecified atom stereocenters. The molecule has 0 atom stereocenters. The highest BCUT2D eigenvalue weighted by molar-refractivity contribution is 8.33. The van der Waals surface area contributed by atoms with E-state index in [9.17, 15) is 0 Å². The second-order valence-corrected chi connectivity index (χ2v) is 15.2. The third kappa shape index (κ3) is 2.64. The molecule has 0 spiro atoms. The summed E-state index contributed by atoms with van der Waals surface area (Å²) in [6.07, 6.45) is 0. The van der Waals surface area contributed by atoms with Gasteiger partial charge in [-0.3, -0.25) is 0 Å². The summed E-state index contributed by atoms with van der Waals surface area (Å²) in [5, 5.41) is 3.42. The van der Waals surface area contributed by atoms with Crippen LogP contribution in [0, 0.1) is 0 Å². The van der Waals surface area contributed by atoms with Gasteiger partial charge in [0.2, 0.25) is 0 Å². The van der Waals surface area contributed by atoms with Crippen molar-refractivity contribution in [1.82, 2.24) is 0 Å². The summed E-state index contributed by atoms with van der Waals surface area (Å²) in [6, 6.07) is 0. The van der Waals surface area contributed by atoms with E-state index in [1.54, 1.807) is 69.4 Å². The average molecular weight is 296 g/mol. The molecular formula is C6H7P7. The van der Waals surface area contributed by atoms with Crippen molar-refractivity contribution in [3.05, 3.63) is 5.30 Å². The van der Waals surface area contributed by atoms with Gasteiger partial charge in [-0.1, -0.05) is 13.8 Å². The third-order valence-electron chi connectivity index (χ3n) is 1.62. The highest BCUT2D eigenvalue weighted by atomic mass is 32.3. The molecule has 2 heterocycles. The Labute approximate surface area is 89.1 Å². The van der Waals surface area contributed by atoms with Crippen molar-refractivity contribution in [3.8, 4) is 0 Å². The van der Waals surface area contributed by atoms with Gasteiger partial charge in [-0.25, -0.2) is 0 Å². The van der Waals surface area contributed by atoms with Gasteiger partial charge in [0.05, 0.1) is 4.85 Å². The van der Waals surface area contributed by atoms with Crippen LogP contribution in [0.2, 0.25) is 0 Å². The van der Waals surface area contributed by atoms with Crippen molar-refractivity contribution in [2.45, 2.75) is 19.8 Å². The van der Waals surface area contributed by atoms with Gasteiger partial charge in [-0.2, -0.15) is 0 Å². The second kappa shape index (κ2) is 5.16. The third-order valence-corrected chi connectivity index (χ3v) is 16.4. The molecule has 0 saturated carbocycles. The molecule has 2 rings (SSSR count). The van der Waals surface area contributed by atoms with Crippen molar-refractivity contribution in [2.24, 2.45) is 0 Å². The molecule has 0 aliphatic carbocycles. The number of hydrogen-bond acceptors (Lipinski definition) is 0. The van der Waals surface area contributed by atoms with Crippen LogP contribution in [0.3, 0.4) is 0 Å². The molecule has 0 aliphatic heterocycles. The summed E-state index contributed by atoms with van der Waals surface area (Å²) in [4.78, 5) is 1.71. The molecule has 0 amide bonds. The summed E-state index contributed by atoms with van der Waals surface area (Å²) in [5.41, 5.74) is 0. The first-order chi connectivity index (χ1) is 6.29. The van der Waals surface area contributed by atoms with E-state index in [2.05, 4.69) is 13.8 Å². The van der Waals surface area contributed by atoms with E-state index in [1.165, 1.54) is 0 Å². The molecule has 0 aliphatic rings. The van der Waals surface area contributed by atoms with Gasteiger partial charge in [0.25, 0.3) is 0 Å². The second-order valence-electron chi connectivity index (χ2n) is 2.88. The molecule has 2 aromatic heterocycles. The molecule has 0 saturated heterocycles. The van der Waals surface area contributed by atoms with Crippen LogP contribution in [0.25, 0.3) is 9.97 Å². The lowest BCUT2D eigenvalue weighted by molar-refractivity contribution is 0.899. The fourth-order valence-electron chi connectivity index (χ4n) is 1.00. The van der Waals surface area contributed by atoms with Crippen molar-refractivity contribution < 1.29 is 0 Å². The molecule has 7 heteroatoms. The quantitative estimate of drug-likeness (QED) is 0.499. The van der Waals surface area contributed by atoms with Crippen LogP contribution in [0.1, 0.15) is 25.1 Å². The van der Waals surface area contributed by atoms with Crippen molar-refractivity contribution in [1.29, 1.82) is 0 Å². The van der Waals surface area contributed by atoms with Gasteiger partial charge in [-0.05, 0) is 60.0 Å². The fraction of sp³-hybridized carbons (Fsp3) is 0.500. The Morgan fingerprint density at radius 2 is 1.54 bits per heavy atom. The summed E-state index contributed by atoms with van der Waals surface area (Å²) in [6.45, 7) is 4.67. The molecule has 0 aromatic carbocycles. The zero-order valence-corrected chi connectivity index (χ0v) is 13.5. The Morgan fingerprint density at radius 1 is 0.846 bits per heavy atom. The molecule has 13 heavy (non-hydrogen) atoms. The van der Waals surface area contributed by atoms with Gasteiger partial charge in [0, 0.05) is 10.4 Å². The Kier molecular flexibility index (Phi) is 4.45. The predicted octanol–water partition coefficient (Wildman–Crippen LogP) is 8.02. The lowest BCUT2D eigenvalue weighted by atomic mass is 10.2. The normalized spacial score (nSPS) is 15.3. The van der Waals surface area contributed by atoms with Gasteiger partial charge in [-0.15, -0.1) is 0 Å². The van der Waals surface area contributed by atoms with Crippen molar-refractivity contribution in [2.75, 3.05) is 0 Å². The first-order valence-electron chi connectivity index (χ1n) is 3.84. The van der Waals surface area contributed by atoms with Crippen molar-refractivity contribution >= 4 is 64.1 Å². The highest BCUT2D eigenvalue weighted by Crippen LogP contribution is 2.55. The summed E-state index contributed by atoms with van der Waals surface area (Å²) >= 11 is 0. The molecule has 0 nitrogen and oxygen atoms in total. The SMILES string of the molecule is CC(C)c1pppc2ppppc12. The molecule has 0 fully saturated rings. The molecular weight excluding hydrogens is 289 g/mol. The summed E-state index contributed by atoms with van der Waals surface area (Å²) in [5.74, 6) is 0.752. The van der Waals surface area contributed by atoms with E-state index in [1.807, 2.05) is 0 Å². The first-order valence-corrected chi connectivity index (χ1v) is 13.6. The van der Waals surface area contributed by atoms with Gasteiger partial charge >= 0.3 is 0 Å². The van der Waals surface area contributed by atoms with Crippen LogP contribution in [0.5, 0.6) is 0 Å². The van der Waals surface area contributed by atoms with E-state index >= 15 is 0 Å². The van der Waals surface area contributed by atoms with Crippen LogP contribution < -0.4 is 0 Å². The number of rotatable bonds is 1. The van der Waals surface area contributed by atoms with E-state index in [0.29, 0.717) is 0 Å². The van der Waals surface area contributed by atoms with Gasteiger partial charge in [0.15, 0.2) is 0 Å². The minimum Gasteiger partial charge on any atom is -0.0583 e. The Balaban J connectivity index is 2.76. The first kappa shape index (κ1) is 11.2. The van der Waals surface area contributed by atoms with Crippen LogP contribution >= 0.6 is 54.1 Å². The lowest BCUT2D eigenvalue weighted by Gasteiger charge is -2.05. The maximum atomic E-state index is 2.33. The summed E-state index contributed by atoms with van der Waals surface area (Å²) in [7, 11) is 11.1. The predicted molar refractivity (Wildman–Crippen MR) is 75.6 cm³/mol. The monoisotopic (exact) mass is 296 g/mol. The standard InChI is InChI=1S/C6H7P7/c1-3(2)4-5-6(9-11-7-4)10-13-12-8-5/h3H,1-2H3. The lowest BCUT2D eigenvalue weighted by Crippen LogP contribution is -1.79. The molecule has 66 valence electrons. The molecule has 0 N–H and O–H groups in total. The van der Waals surface area contributed by atoms with Gasteiger partial charge in [0.1, 0.15) is 0 Å². The topological polar surface area (TPSA) is 0 Å². The maximum Gasteiger partial charge on any atom is 0.0516 e. The van der Waals surface area contributed by atoms with Crippen molar-refractivity contribution in [3.63, 3.8) is 0 Å². The Bertz CT molecular complexity index is 421. The Hall–Kier alpha value is 1.71. The molecule has 0 bridgehead atoms. The van der Waals surface area contributed by atoms with Crippen LogP contribution in [-0.2, 0) is 0 Å². The Morgan fingerprint density at radius 3 is 2.31 bits per heavy atom. The molecule has 0 radical (unpaired) electrons. The fourth-order valence-corrected chi connectivity index (χ4v) is 19.2. The number of hydrogen-bond donors (Lipinski definition) is 0. The number of fused-ring (bicyclic) bond motifs is 1. The highest BCUT2D eigenvalue weighted by Gasteiger charge is 2.05. The van der Waals surface area contributed by atoms with E-state index in [-0.39, 0.29) is 0 Å². The average Bonchev–Trinajstić information content (AvgIpc) is 2.17. The largest absolute Gasteiger partial charge is 0.0583 e. The summed E-state index contributed by atoms with van der Waals surface area (Å²) < 4.78 is 0. The van der Waals surface area contributed by atoms with E-state index in [0.717, 1.165) is 5.92 Å². The smallest absolute Gasteiger partial charge is 0.0516 e. The maximum absolute atomic E-state index is 2.33. The van der Waals surface area contributed by atoms with Crippen LogP contribution in [0.15, 0.2) is 0 Å². The zero-order chi connectivity index (χ0) is 9.26. The van der Waals surface area contributed by atoms with Crippen LogP contribution in [0.4, 0.5) is 0 Å².